The van der Waals surface area contributed by atoms with Crippen LogP contribution in [0, 0.1) is 0 Å². The monoisotopic (exact) mass is 252 g/mol. The van der Waals surface area contributed by atoms with Crippen LogP contribution in [0.1, 0.15) is 32.8 Å². The maximum Gasteiger partial charge on any atom is 0.155 e. The van der Waals surface area contributed by atoms with E-state index in [4.69, 9.17) is 14.2 Å². The van der Waals surface area contributed by atoms with Gasteiger partial charge in [-0.2, -0.15) is 0 Å². The van der Waals surface area contributed by atoms with Crippen LogP contribution in [0.3, 0.4) is 0 Å². The van der Waals surface area contributed by atoms with Crippen molar-refractivity contribution in [2.24, 2.45) is 0 Å². The Morgan fingerprint density at radius 3 is 2.50 bits per heavy atom. The molecular formula is C15H24O3. The van der Waals surface area contributed by atoms with Gasteiger partial charge in [0.2, 0.25) is 0 Å². The van der Waals surface area contributed by atoms with Crippen molar-refractivity contribution in [1.82, 2.24) is 0 Å². The van der Waals surface area contributed by atoms with E-state index in [9.17, 15) is 0 Å². The predicted molar refractivity (Wildman–Crippen MR) is 72.4 cm³/mol. The molecule has 0 aliphatic heterocycles. The SMILES string of the molecule is CCOC(C)OC(C)CCOCc1ccccc1. The van der Waals surface area contributed by atoms with Gasteiger partial charge in [-0.25, -0.2) is 0 Å². The Kier molecular flexibility index (Phi) is 7.65. The minimum Gasteiger partial charge on any atom is -0.377 e. The number of benzene rings is 1. The molecule has 0 radical (unpaired) electrons. The summed E-state index contributed by atoms with van der Waals surface area (Å²) in [4.78, 5) is 0. The van der Waals surface area contributed by atoms with Crippen LogP contribution in [0.15, 0.2) is 30.3 Å². The maximum absolute atomic E-state index is 5.64. The zero-order valence-electron chi connectivity index (χ0n) is 11.6. The van der Waals surface area contributed by atoms with Crippen LogP contribution in [-0.2, 0) is 20.8 Å². The second-order valence-corrected chi connectivity index (χ2v) is 4.30. The lowest BCUT2D eigenvalue weighted by Gasteiger charge is -2.18. The molecule has 3 heteroatoms. The summed E-state index contributed by atoms with van der Waals surface area (Å²) in [5, 5.41) is 0. The van der Waals surface area contributed by atoms with E-state index in [1.807, 2.05) is 39.0 Å². The van der Waals surface area contributed by atoms with Crippen molar-refractivity contribution >= 4 is 0 Å². The Hall–Kier alpha value is -0.900. The van der Waals surface area contributed by atoms with E-state index in [1.54, 1.807) is 0 Å². The van der Waals surface area contributed by atoms with Crippen molar-refractivity contribution < 1.29 is 14.2 Å². The molecule has 2 unspecified atom stereocenters. The molecule has 3 nitrogen and oxygen atoms in total. The van der Waals surface area contributed by atoms with Gasteiger partial charge in [0.05, 0.1) is 12.7 Å². The quantitative estimate of drug-likeness (QED) is 0.498. The van der Waals surface area contributed by atoms with Crippen LogP contribution in [-0.4, -0.2) is 25.6 Å². The van der Waals surface area contributed by atoms with Crippen LogP contribution in [0.25, 0.3) is 0 Å². The first-order chi connectivity index (χ1) is 8.72. The second-order valence-electron chi connectivity index (χ2n) is 4.30. The number of rotatable bonds is 9. The van der Waals surface area contributed by atoms with Gasteiger partial charge in [0.15, 0.2) is 6.29 Å². The van der Waals surface area contributed by atoms with E-state index < -0.39 is 0 Å². The lowest BCUT2D eigenvalue weighted by atomic mass is 10.2. The molecule has 0 saturated carbocycles. The molecule has 0 fully saturated rings. The third kappa shape index (κ3) is 6.74. The topological polar surface area (TPSA) is 27.7 Å². The Bertz CT molecular complexity index is 300. The highest BCUT2D eigenvalue weighted by Gasteiger charge is 2.07. The van der Waals surface area contributed by atoms with Gasteiger partial charge in [-0.15, -0.1) is 0 Å². The zero-order valence-corrected chi connectivity index (χ0v) is 11.6. The first-order valence-corrected chi connectivity index (χ1v) is 6.61. The molecule has 0 saturated heterocycles. The molecule has 0 aliphatic rings. The summed E-state index contributed by atoms with van der Waals surface area (Å²) in [7, 11) is 0. The molecule has 0 aliphatic carbocycles. The highest BCUT2D eigenvalue weighted by Crippen LogP contribution is 2.06. The van der Waals surface area contributed by atoms with E-state index in [-0.39, 0.29) is 12.4 Å². The summed E-state index contributed by atoms with van der Waals surface area (Å²) in [6, 6.07) is 10.2. The zero-order chi connectivity index (χ0) is 13.2. The lowest BCUT2D eigenvalue weighted by molar-refractivity contribution is -0.156. The van der Waals surface area contributed by atoms with Crippen molar-refractivity contribution in [2.45, 2.75) is 46.2 Å². The van der Waals surface area contributed by atoms with Crippen LogP contribution >= 0.6 is 0 Å². The van der Waals surface area contributed by atoms with Gasteiger partial charge >= 0.3 is 0 Å². The Morgan fingerprint density at radius 2 is 1.83 bits per heavy atom. The van der Waals surface area contributed by atoms with Gasteiger partial charge in [0.25, 0.3) is 0 Å². The first-order valence-electron chi connectivity index (χ1n) is 6.61. The molecule has 0 aromatic heterocycles. The Labute approximate surface area is 110 Å². The van der Waals surface area contributed by atoms with Crippen molar-refractivity contribution in [2.75, 3.05) is 13.2 Å². The smallest absolute Gasteiger partial charge is 0.155 e. The van der Waals surface area contributed by atoms with Crippen molar-refractivity contribution in [3.8, 4) is 0 Å². The standard InChI is InChI=1S/C15H24O3/c1-4-17-14(3)18-13(2)10-11-16-12-15-8-6-5-7-9-15/h5-9,13-14H,4,10-12H2,1-3H3. The summed E-state index contributed by atoms with van der Waals surface area (Å²) < 4.78 is 16.6. The fourth-order valence-corrected chi connectivity index (χ4v) is 1.68. The van der Waals surface area contributed by atoms with Crippen molar-refractivity contribution in [3.05, 3.63) is 35.9 Å². The summed E-state index contributed by atoms with van der Waals surface area (Å²) >= 11 is 0. The fraction of sp³-hybridized carbons (Fsp3) is 0.600. The minimum atomic E-state index is -0.140. The summed E-state index contributed by atoms with van der Waals surface area (Å²) in [6.07, 6.45) is 0.894. The molecular weight excluding hydrogens is 228 g/mol. The van der Waals surface area contributed by atoms with Gasteiger partial charge < -0.3 is 14.2 Å². The number of hydrogen-bond donors (Lipinski definition) is 0. The summed E-state index contributed by atoms with van der Waals surface area (Å²) in [5.41, 5.74) is 1.20. The van der Waals surface area contributed by atoms with E-state index in [1.165, 1.54) is 5.56 Å². The number of ether oxygens (including phenoxy) is 3. The highest BCUT2D eigenvalue weighted by molar-refractivity contribution is 5.13. The molecule has 18 heavy (non-hydrogen) atoms. The first kappa shape index (κ1) is 15.2. The van der Waals surface area contributed by atoms with Gasteiger partial charge in [-0.3, -0.25) is 0 Å². The van der Waals surface area contributed by atoms with Crippen LogP contribution in [0.4, 0.5) is 0 Å². The van der Waals surface area contributed by atoms with E-state index in [0.29, 0.717) is 19.8 Å². The molecule has 0 heterocycles. The molecule has 0 bridgehead atoms. The highest BCUT2D eigenvalue weighted by atomic mass is 16.7. The molecule has 1 aromatic carbocycles. The Balaban J connectivity index is 2.07. The van der Waals surface area contributed by atoms with Gasteiger partial charge in [0, 0.05) is 13.2 Å². The second kappa shape index (κ2) is 9.09. The molecule has 2 atom stereocenters. The van der Waals surface area contributed by atoms with Crippen LogP contribution < -0.4 is 0 Å². The number of hydrogen-bond acceptors (Lipinski definition) is 3. The lowest BCUT2D eigenvalue weighted by Crippen LogP contribution is -2.21. The van der Waals surface area contributed by atoms with Gasteiger partial charge in [0.1, 0.15) is 0 Å². The molecule has 1 aromatic rings. The largest absolute Gasteiger partial charge is 0.377 e. The molecule has 1 rings (SSSR count). The predicted octanol–water partition coefficient (Wildman–Crippen LogP) is 3.38. The normalized spacial score (nSPS) is 14.4. The maximum atomic E-state index is 5.64. The average Bonchev–Trinajstić information content (AvgIpc) is 2.36. The molecule has 102 valence electrons. The van der Waals surface area contributed by atoms with E-state index in [0.717, 1.165) is 6.42 Å². The van der Waals surface area contributed by atoms with Crippen molar-refractivity contribution in [3.63, 3.8) is 0 Å². The molecule has 0 spiro atoms. The van der Waals surface area contributed by atoms with Crippen LogP contribution in [0.5, 0.6) is 0 Å². The third-order valence-electron chi connectivity index (χ3n) is 2.61. The summed E-state index contributed by atoms with van der Waals surface area (Å²) in [5.74, 6) is 0. The Morgan fingerprint density at radius 1 is 1.11 bits per heavy atom. The molecule has 0 amide bonds. The van der Waals surface area contributed by atoms with Crippen molar-refractivity contribution in [1.29, 1.82) is 0 Å². The fourth-order valence-electron chi connectivity index (χ4n) is 1.68. The third-order valence-corrected chi connectivity index (χ3v) is 2.61. The molecule has 0 N–H and O–H groups in total. The van der Waals surface area contributed by atoms with E-state index >= 15 is 0 Å². The average molecular weight is 252 g/mol. The summed E-state index contributed by atoms with van der Waals surface area (Å²) in [6.45, 7) is 7.97. The van der Waals surface area contributed by atoms with Crippen LogP contribution in [0.2, 0.25) is 0 Å². The minimum absolute atomic E-state index is 0.140. The van der Waals surface area contributed by atoms with E-state index in [2.05, 4.69) is 12.1 Å². The van der Waals surface area contributed by atoms with Gasteiger partial charge in [-0.1, -0.05) is 30.3 Å². The van der Waals surface area contributed by atoms with Gasteiger partial charge in [-0.05, 0) is 32.8 Å².